The zero-order valence-corrected chi connectivity index (χ0v) is 11.0. The molecule has 1 aromatic carbocycles. The topological polar surface area (TPSA) is 4.36 Å². The highest BCUT2D eigenvalue weighted by atomic mass is 35.5. The van der Waals surface area contributed by atoms with Crippen molar-refractivity contribution in [3.63, 3.8) is 0 Å². The van der Waals surface area contributed by atoms with E-state index in [9.17, 15) is 0 Å². The van der Waals surface area contributed by atoms with Gasteiger partial charge >= 0.3 is 5.69 Å². The van der Waals surface area contributed by atoms with Crippen LogP contribution < -0.4 is 12.4 Å². The Labute approximate surface area is 108 Å². The maximum atomic E-state index is 5.89. The van der Waals surface area contributed by atoms with E-state index in [4.69, 9.17) is 18.2 Å². The Kier molecular flexibility index (Phi) is 8.86. The van der Waals surface area contributed by atoms with E-state index in [2.05, 4.69) is 18.7 Å². The quantitative estimate of drug-likeness (QED) is 0.770. The van der Waals surface area contributed by atoms with E-state index in [1.165, 1.54) is 0 Å². The molecule has 0 spiro atoms. The minimum absolute atomic E-state index is 0. The van der Waals surface area contributed by atoms with Gasteiger partial charge in [0.2, 0.25) is 0 Å². The van der Waals surface area contributed by atoms with E-state index in [-0.39, 0.29) is 24.8 Å². The van der Waals surface area contributed by atoms with Crippen LogP contribution in [0.2, 0.25) is 5.02 Å². The summed E-state index contributed by atoms with van der Waals surface area (Å²) in [6.45, 7) is 9.55. The Hall–Kier alpha value is -0.420. The molecule has 1 aromatic rings. The van der Waals surface area contributed by atoms with Crippen LogP contribution in [0.4, 0.5) is 5.69 Å². The fourth-order valence-electron chi connectivity index (χ4n) is 1.26. The normalized spacial score (nSPS) is 10.5. The number of nitrogens with zero attached hydrogens (tertiary/aromatic N) is 1. The number of benzene rings is 1. The highest BCUT2D eigenvalue weighted by molar-refractivity contribution is 6.30. The van der Waals surface area contributed by atoms with E-state index in [1.54, 1.807) is 6.07 Å². The van der Waals surface area contributed by atoms with Crippen molar-refractivity contribution in [1.29, 1.82) is 0 Å². The van der Waals surface area contributed by atoms with Crippen LogP contribution in [0.15, 0.2) is 18.2 Å². The number of hydrogen-bond acceptors (Lipinski definition) is 0. The average molecular weight is 267 g/mol. The van der Waals surface area contributed by atoms with Crippen LogP contribution in [-0.2, 0) is 0 Å². The second-order valence-electron chi connectivity index (χ2n) is 3.14. The SMILES string of the molecule is C#[N+]c1ccc(Cl)cc1C(C)CC.Cl.[Cl-]. The first kappa shape index (κ1) is 17.0. The number of halogens is 3. The van der Waals surface area contributed by atoms with E-state index >= 15 is 0 Å². The van der Waals surface area contributed by atoms with Gasteiger partial charge in [-0.1, -0.05) is 25.4 Å². The number of rotatable bonds is 2. The van der Waals surface area contributed by atoms with Crippen LogP contribution >= 0.6 is 24.0 Å². The first-order valence-electron chi connectivity index (χ1n) is 4.39. The summed E-state index contributed by atoms with van der Waals surface area (Å²) in [5.41, 5.74) is 1.95. The molecule has 0 fully saturated rings. The molecule has 0 aliphatic rings. The van der Waals surface area contributed by atoms with E-state index < -0.39 is 0 Å². The van der Waals surface area contributed by atoms with Crippen molar-refractivity contribution in [3.8, 4) is 6.57 Å². The van der Waals surface area contributed by atoms with Gasteiger partial charge in [-0.2, -0.15) is 0 Å². The Morgan fingerprint density at radius 1 is 1.47 bits per heavy atom. The molecule has 0 aromatic heterocycles. The summed E-state index contributed by atoms with van der Waals surface area (Å²) in [7, 11) is 0. The largest absolute Gasteiger partial charge is 1.00 e. The molecule has 0 saturated heterocycles. The zero-order valence-electron chi connectivity index (χ0n) is 8.71. The summed E-state index contributed by atoms with van der Waals surface area (Å²) < 4.78 is 0. The van der Waals surface area contributed by atoms with Gasteiger partial charge in [-0.25, -0.2) is 0 Å². The van der Waals surface area contributed by atoms with Crippen molar-refractivity contribution in [2.75, 3.05) is 0 Å². The molecule has 15 heavy (non-hydrogen) atoms. The van der Waals surface area contributed by atoms with Crippen molar-refractivity contribution < 1.29 is 12.4 Å². The second kappa shape index (κ2) is 7.82. The molecule has 0 radical (unpaired) electrons. The van der Waals surface area contributed by atoms with Crippen LogP contribution in [0.1, 0.15) is 31.7 Å². The fraction of sp³-hybridized carbons (Fsp3) is 0.364. The minimum Gasteiger partial charge on any atom is -1.00 e. The van der Waals surface area contributed by atoms with Gasteiger partial charge in [-0.3, -0.25) is 0 Å². The van der Waals surface area contributed by atoms with Crippen molar-refractivity contribution >= 4 is 29.7 Å². The fourth-order valence-corrected chi connectivity index (χ4v) is 1.44. The molecule has 1 nitrogen and oxygen atoms in total. The summed E-state index contributed by atoms with van der Waals surface area (Å²) in [4.78, 5) is 3.72. The molecule has 0 bridgehead atoms. The molecule has 1 rings (SSSR count). The Morgan fingerprint density at radius 2 is 2.07 bits per heavy atom. The molecule has 0 amide bonds. The predicted molar refractivity (Wildman–Crippen MR) is 65.4 cm³/mol. The molecule has 84 valence electrons. The second-order valence-corrected chi connectivity index (χ2v) is 3.58. The summed E-state index contributed by atoms with van der Waals surface area (Å²) in [5, 5.41) is 0.739. The monoisotopic (exact) mass is 265 g/mol. The van der Waals surface area contributed by atoms with Gasteiger partial charge in [-0.15, -0.1) is 12.4 Å². The van der Waals surface area contributed by atoms with Crippen LogP contribution in [0.25, 0.3) is 4.85 Å². The maximum Gasteiger partial charge on any atom is 0.343 e. The summed E-state index contributed by atoms with van der Waals surface area (Å²) in [6.07, 6.45) is 1.06. The van der Waals surface area contributed by atoms with Crippen molar-refractivity contribution in [2.24, 2.45) is 0 Å². The summed E-state index contributed by atoms with van der Waals surface area (Å²) >= 11 is 5.89. The minimum atomic E-state index is 0. The van der Waals surface area contributed by atoms with Gasteiger partial charge in [0.1, 0.15) is 0 Å². The van der Waals surface area contributed by atoms with Gasteiger partial charge in [0.25, 0.3) is 6.57 Å². The molecule has 0 aliphatic carbocycles. The first-order chi connectivity index (χ1) is 6.19. The molecule has 0 saturated carbocycles. The third kappa shape index (κ3) is 4.30. The average Bonchev–Trinajstić information content (AvgIpc) is 2.16. The van der Waals surface area contributed by atoms with Crippen molar-refractivity contribution in [1.82, 2.24) is 0 Å². The Bertz CT molecular complexity index is 344. The van der Waals surface area contributed by atoms with Crippen LogP contribution in [-0.4, -0.2) is 0 Å². The molecule has 1 unspecified atom stereocenters. The molecule has 0 aliphatic heterocycles. The smallest absolute Gasteiger partial charge is 0.343 e. The molecular weight excluding hydrogens is 252 g/mol. The van der Waals surface area contributed by atoms with Crippen LogP contribution in [0.3, 0.4) is 0 Å². The Balaban J connectivity index is 0. The molecule has 1 atom stereocenters. The summed E-state index contributed by atoms with van der Waals surface area (Å²) in [5.74, 6) is 0.445. The maximum absolute atomic E-state index is 5.89. The van der Waals surface area contributed by atoms with Gasteiger partial charge in [0, 0.05) is 16.7 Å². The lowest BCUT2D eigenvalue weighted by Gasteiger charge is -2.06. The van der Waals surface area contributed by atoms with E-state index in [0.29, 0.717) is 5.92 Å². The van der Waals surface area contributed by atoms with Crippen LogP contribution in [0.5, 0.6) is 0 Å². The standard InChI is InChI=1S/C11H13ClN.2ClH/c1-4-8(2)10-7-9(12)5-6-11(10)13-3;;/h3,5-8H,4H2,1-2H3;2*1H/q+1;;/p-1. The van der Waals surface area contributed by atoms with Gasteiger partial charge in [0.15, 0.2) is 0 Å². The third-order valence-electron chi connectivity index (χ3n) is 2.27. The molecular formula is C11H14Cl3N. The van der Waals surface area contributed by atoms with E-state index in [0.717, 1.165) is 22.7 Å². The van der Waals surface area contributed by atoms with E-state index in [1.807, 2.05) is 12.1 Å². The number of hydrogen-bond donors (Lipinski definition) is 0. The third-order valence-corrected chi connectivity index (χ3v) is 2.51. The van der Waals surface area contributed by atoms with Gasteiger partial charge < -0.3 is 12.4 Å². The highest BCUT2D eigenvalue weighted by Gasteiger charge is 2.15. The zero-order chi connectivity index (χ0) is 9.84. The van der Waals surface area contributed by atoms with Crippen LogP contribution in [0, 0.1) is 6.57 Å². The highest BCUT2D eigenvalue weighted by Crippen LogP contribution is 2.31. The molecule has 0 N–H and O–H groups in total. The summed E-state index contributed by atoms with van der Waals surface area (Å²) in [6, 6.07) is 5.59. The van der Waals surface area contributed by atoms with Crippen molar-refractivity contribution in [2.45, 2.75) is 26.2 Å². The predicted octanol–water partition coefficient (Wildman–Crippen LogP) is 1.87. The van der Waals surface area contributed by atoms with Gasteiger partial charge in [-0.05, 0) is 29.3 Å². The molecule has 4 heteroatoms. The lowest BCUT2D eigenvalue weighted by Crippen LogP contribution is -3.00. The lowest BCUT2D eigenvalue weighted by molar-refractivity contribution is -0.00000284. The Morgan fingerprint density at radius 3 is 2.53 bits per heavy atom. The first-order valence-corrected chi connectivity index (χ1v) is 4.77. The van der Waals surface area contributed by atoms with Crippen molar-refractivity contribution in [3.05, 3.63) is 33.6 Å². The molecule has 0 heterocycles. The lowest BCUT2D eigenvalue weighted by atomic mass is 9.97. The van der Waals surface area contributed by atoms with Gasteiger partial charge in [0.05, 0.1) is 0 Å².